The molecule has 1 aliphatic rings. The maximum atomic E-state index is 11.4. The normalized spacial score (nSPS) is 21.3. The molecule has 0 spiro atoms. The summed E-state index contributed by atoms with van der Waals surface area (Å²) < 4.78 is 28.0. The van der Waals surface area contributed by atoms with Crippen molar-refractivity contribution in [2.24, 2.45) is 4.99 Å². The third-order valence-corrected chi connectivity index (χ3v) is 4.61. The number of sulfone groups is 1. The van der Waals surface area contributed by atoms with Gasteiger partial charge in [-0.05, 0) is 26.7 Å². The molecule has 8 heteroatoms. The molecular formula is C12H26IN3O3S. The van der Waals surface area contributed by atoms with Crippen molar-refractivity contribution in [2.45, 2.75) is 32.7 Å². The van der Waals surface area contributed by atoms with Gasteiger partial charge in [-0.15, -0.1) is 24.0 Å². The monoisotopic (exact) mass is 419 g/mol. The lowest BCUT2D eigenvalue weighted by Gasteiger charge is -2.15. The van der Waals surface area contributed by atoms with Crippen LogP contribution in [0, 0.1) is 0 Å². The molecule has 1 fully saturated rings. The first-order chi connectivity index (χ1) is 9.07. The van der Waals surface area contributed by atoms with E-state index in [0.29, 0.717) is 25.5 Å². The van der Waals surface area contributed by atoms with Crippen LogP contribution in [0.2, 0.25) is 0 Å². The zero-order valence-corrected chi connectivity index (χ0v) is 15.4. The van der Waals surface area contributed by atoms with Gasteiger partial charge in [-0.2, -0.15) is 0 Å². The average molecular weight is 419 g/mol. The fourth-order valence-electron chi connectivity index (χ4n) is 1.92. The summed E-state index contributed by atoms with van der Waals surface area (Å²) in [4.78, 5) is 4.42. The van der Waals surface area contributed by atoms with Gasteiger partial charge in [0.05, 0.1) is 11.5 Å². The number of halogens is 1. The summed E-state index contributed by atoms with van der Waals surface area (Å²) in [7, 11) is -2.85. The van der Waals surface area contributed by atoms with Crippen LogP contribution in [0.15, 0.2) is 4.99 Å². The van der Waals surface area contributed by atoms with Crippen LogP contribution in [0.1, 0.15) is 26.7 Å². The lowest BCUT2D eigenvalue weighted by atomic mass is 10.3. The Balaban J connectivity index is 0.00000361. The van der Waals surface area contributed by atoms with Crippen LogP contribution in [0.25, 0.3) is 0 Å². The minimum Gasteiger partial charge on any atom is -0.382 e. The summed E-state index contributed by atoms with van der Waals surface area (Å²) in [6, 6.07) is -0.0188. The van der Waals surface area contributed by atoms with Gasteiger partial charge in [0.2, 0.25) is 0 Å². The molecule has 1 rings (SSSR count). The molecule has 20 heavy (non-hydrogen) atoms. The van der Waals surface area contributed by atoms with E-state index in [1.165, 1.54) is 0 Å². The molecule has 1 unspecified atom stereocenters. The van der Waals surface area contributed by atoms with Crippen LogP contribution in [-0.4, -0.2) is 58.2 Å². The summed E-state index contributed by atoms with van der Waals surface area (Å²) >= 11 is 0. The van der Waals surface area contributed by atoms with Gasteiger partial charge in [-0.1, -0.05) is 0 Å². The summed E-state index contributed by atoms with van der Waals surface area (Å²) in [5, 5.41) is 6.31. The highest BCUT2D eigenvalue weighted by atomic mass is 127. The van der Waals surface area contributed by atoms with Gasteiger partial charge in [-0.3, -0.25) is 4.99 Å². The Morgan fingerprint density at radius 2 is 2.15 bits per heavy atom. The predicted octanol–water partition coefficient (Wildman–Crippen LogP) is 0.773. The molecule has 6 nitrogen and oxygen atoms in total. The number of guanidine groups is 1. The second kappa shape index (κ2) is 10.6. The lowest BCUT2D eigenvalue weighted by Crippen LogP contribution is -2.44. The summed E-state index contributed by atoms with van der Waals surface area (Å²) in [6.45, 7) is 6.82. The predicted molar refractivity (Wildman–Crippen MR) is 92.7 cm³/mol. The minimum absolute atomic E-state index is 0. The largest absolute Gasteiger partial charge is 0.382 e. The van der Waals surface area contributed by atoms with Gasteiger partial charge in [0, 0.05) is 32.3 Å². The number of nitrogens with zero attached hydrogens (tertiary/aromatic N) is 1. The standard InChI is InChI=1S/C12H25N3O3S.HI/c1-3-13-12(14-7-5-8-18-4-2)15-11-6-9-19(16,17)10-11;/h11H,3-10H2,1-2H3,(H2,13,14,15);1H. The van der Waals surface area contributed by atoms with Crippen LogP contribution in [0.4, 0.5) is 0 Å². The summed E-state index contributed by atoms with van der Waals surface area (Å²) in [5.74, 6) is 1.17. The van der Waals surface area contributed by atoms with Gasteiger partial charge in [0.25, 0.3) is 0 Å². The molecule has 0 bridgehead atoms. The molecule has 1 saturated heterocycles. The van der Waals surface area contributed by atoms with E-state index in [0.717, 1.165) is 19.6 Å². The quantitative estimate of drug-likeness (QED) is 0.276. The van der Waals surface area contributed by atoms with Crippen molar-refractivity contribution in [2.75, 3.05) is 37.8 Å². The van der Waals surface area contributed by atoms with Gasteiger partial charge in [-0.25, -0.2) is 8.42 Å². The molecule has 1 atom stereocenters. The average Bonchev–Trinajstić information content (AvgIpc) is 2.68. The molecule has 0 aromatic carbocycles. The van der Waals surface area contributed by atoms with Crippen molar-refractivity contribution < 1.29 is 13.2 Å². The molecule has 0 radical (unpaired) electrons. The zero-order chi connectivity index (χ0) is 14.1. The van der Waals surface area contributed by atoms with Crippen LogP contribution >= 0.6 is 24.0 Å². The van der Waals surface area contributed by atoms with Crippen LogP contribution in [0.5, 0.6) is 0 Å². The lowest BCUT2D eigenvalue weighted by molar-refractivity contribution is 0.146. The fourth-order valence-corrected chi connectivity index (χ4v) is 3.60. The van der Waals surface area contributed by atoms with Crippen LogP contribution < -0.4 is 10.6 Å². The highest BCUT2D eigenvalue weighted by molar-refractivity contribution is 14.0. The molecular weight excluding hydrogens is 393 g/mol. The second-order valence-corrected chi connectivity index (χ2v) is 6.78. The SMILES string of the molecule is CCNC(=NCCCOCC)NC1CCS(=O)(=O)C1.I. The van der Waals surface area contributed by atoms with Gasteiger partial charge < -0.3 is 15.4 Å². The van der Waals surface area contributed by atoms with Crippen molar-refractivity contribution in [3.63, 3.8) is 0 Å². The maximum Gasteiger partial charge on any atom is 0.191 e. The molecule has 2 N–H and O–H groups in total. The van der Waals surface area contributed by atoms with E-state index in [1.54, 1.807) is 0 Å². The topological polar surface area (TPSA) is 79.8 Å². The van der Waals surface area contributed by atoms with E-state index in [9.17, 15) is 8.42 Å². The Hall–Kier alpha value is -0.0900. The van der Waals surface area contributed by atoms with E-state index in [4.69, 9.17) is 4.74 Å². The highest BCUT2D eigenvalue weighted by Gasteiger charge is 2.28. The number of hydrogen-bond donors (Lipinski definition) is 2. The second-order valence-electron chi connectivity index (χ2n) is 4.56. The molecule has 1 heterocycles. The Morgan fingerprint density at radius 3 is 2.70 bits per heavy atom. The van der Waals surface area contributed by atoms with E-state index in [2.05, 4.69) is 15.6 Å². The van der Waals surface area contributed by atoms with Crippen molar-refractivity contribution in [1.29, 1.82) is 0 Å². The number of rotatable bonds is 7. The minimum atomic E-state index is -2.85. The van der Waals surface area contributed by atoms with Gasteiger partial charge in [0.15, 0.2) is 15.8 Å². The Labute approximate surface area is 139 Å². The zero-order valence-electron chi connectivity index (χ0n) is 12.2. The fraction of sp³-hybridized carbons (Fsp3) is 0.917. The number of ether oxygens (including phenoxy) is 1. The first-order valence-electron chi connectivity index (χ1n) is 6.90. The van der Waals surface area contributed by atoms with Crippen molar-refractivity contribution >= 4 is 39.8 Å². The molecule has 0 aromatic rings. The third kappa shape index (κ3) is 8.25. The van der Waals surface area contributed by atoms with E-state index < -0.39 is 9.84 Å². The van der Waals surface area contributed by atoms with Crippen LogP contribution in [-0.2, 0) is 14.6 Å². The Kier molecular flexibility index (Phi) is 10.6. The molecule has 0 saturated carbocycles. The number of aliphatic imine (C=N–C) groups is 1. The van der Waals surface area contributed by atoms with Crippen molar-refractivity contribution in [3.05, 3.63) is 0 Å². The maximum absolute atomic E-state index is 11.4. The first kappa shape index (κ1) is 19.9. The highest BCUT2D eigenvalue weighted by Crippen LogP contribution is 2.10. The van der Waals surface area contributed by atoms with Crippen molar-refractivity contribution in [1.82, 2.24) is 10.6 Å². The molecule has 0 amide bonds. The smallest absolute Gasteiger partial charge is 0.191 e. The third-order valence-electron chi connectivity index (χ3n) is 2.84. The summed E-state index contributed by atoms with van der Waals surface area (Å²) in [6.07, 6.45) is 1.53. The number of nitrogens with one attached hydrogen (secondary N) is 2. The van der Waals surface area contributed by atoms with E-state index in [1.807, 2.05) is 13.8 Å². The van der Waals surface area contributed by atoms with Crippen molar-refractivity contribution in [3.8, 4) is 0 Å². The first-order valence-corrected chi connectivity index (χ1v) is 8.72. The van der Waals surface area contributed by atoms with E-state index >= 15 is 0 Å². The van der Waals surface area contributed by atoms with Gasteiger partial charge in [0.1, 0.15) is 0 Å². The Bertz CT molecular complexity index is 387. The molecule has 0 aromatic heterocycles. The van der Waals surface area contributed by atoms with Crippen LogP contribution in [0.3, 0.4) is 0 Å². The molecule has 1 aliphatic heterocycles. The van der Waals surface area contributed by atoms with E-state index in [-0.39, 0.29) is 41.5 Å². The number of hydrogen-bond acceptors (Lipinski definition) is 4. The Morgan fingerprint density at radius 1 is 1.40 bits per heavy atom. The van der Waals surface area contributed by atoms with Gasteiger partial charge >= 0.3 is 0 Å². The molecule has 120 valence electrons. The molecule has 0 aliphatic carbocycles. The summed E-state index contributed by atoms with van der Waals surface area (Å²) in [5.41, 5.74) is 0.